The van der Waals surface area contributed by atoms with E-state index in [9.17, 15) is 4.79 Å². The molecule has 0 saturated carbocycles. The summed E-state index contributed by atoms with van der Waals surface area (Å²) in [6.07, 6.45) is 1.48. The van der Waals surface area contributed by atoms with Crippen molar-refractivity contribution in [1.82, 2.24) is 10.3 Å². The molecule has 118 valence electrons. The number of hydrogen-bond donors (Lipinski definition) is 2. The van der Waals surface area contributed by atoms with Crippen LogP contribution in [0, 0.1) is 11.8 Å². The Labute approximate surface area is 139 Å². The molecule has 0 aliphatic carbocycles. The van der Waals surface area contributed by atoms with Crippen LogP contribution < -0.4 is 11.1 Å². The first-order chi connectivity index (χ1) is 11.1. The molecular weight excluding hydrogens is 314 g/mol. The predicted molar refractivity (Wildman–Crippen MR) is 89.8 cm³/mol. The SMILES string of the molecule is Nc1cc(Cl)cnc1C#CCCNC(=O)OCc1ccccc1. The van der Waals surface area contributed by atoms with Gasteiger partial charge in [-0.05, 0) is 17.6 Å². The first kappa shape index (κ1) is 16.7. The van der Waals surface area contributed by atoms with Crippen LogP contribution in [0.5, 0.6) is 0 Å². The second-order valence-electron chi connectivity index (χ2n) is 4.63. The molecule has 6 heteroatoms. The minimum Gasteiger partial charge on any atom is -0.445 e. The molecule has 1 heterocycles. The number of nitrogens with two attached hydrogens (primary N) is 1. The molecule has 23 heavy (non-hydrogen) atoms. The van der Waals surface area contributed by atoms with Gasteiger partial charge in [-0.25, -0.2) is 9.78 Å². The van der Waals surface area contributed by atoms with Gasteiger partial charge in [0.15, 0.2) is 0 Å². The zero-order valence-corrected chi connectivity index (χ0v) is 13.1. The molecule has 2 rings (SSSR count). The molecule has 0 atom stereocenters. The largest absolute Gasteiger partial charge is 0.445 e. The lowest BCUT2D eigenvalue weighted by Gasteiger charge is -2.05. The van der Waals surface area contributed by atoms with Crippen molar-refractivity contribution in [2.75, 3.05) is 12.3 Å². The molecule has 1 aromatic carbocycles. The van der Waals surface area contributed by atoms with Gasteiger partial charge in [-0.2, -0.15) is 0 Å². The third-order valence-corrected chi connectivity index (χ3v) is 3.03. The summed E-state index contributed by atoms with van der Waals surface area (Å²) in [5, 5.41) is 3.09. The van der Waals surface area contributed by atoms with Gasteiger partial charge in [-0.3, -0.25) is 0 Å². The number of nitrogen functional groups attached to an aromatic ring is 1. The number of carbonyl (C=O) groups is 1. The number of rotatable bonds is 4. The minimum absolute atomic E-state index is 0.240. The summed E-state index contributed by atoms with van der Waals surface area (Å²) in [5.41, 5.74) is 7.58. The Morgan fingerprint density at radius 2 is 2.13 bits per heavy atom. The molecule has 0 aliphatic heterocycles. The van der Waals surface area contributed by atoms with Crippen molar-refractivity contribution in [2.45, 2.75) is 13.0 Å². The maximum absolute atomic E-state index is 11.5. The number of halogens is 1. The zero-order chi connectivity index (χ0) is 16.5. The van der Waals surface area contributed by atoms with E-state index in [-0.39, 0.29) is 6.61 Å². The number of pyridine rings is 1. The molecule has 0 radical (unpaired) electrons. The van der Waals surface area contributed by atoms with E-state index < -0.39 is 6.09 Å². The first-order valence-electron chi connectivity index (χ1n) is 6.99. The lowest BCUT2D eigenvalue weighted by Crippen LogP contribution is -2.24. The highest BCUT2D eigenvalue weighted by Crippen LogP contribution is 2.13. The van der Waals surface area contributed by atoms with E-state index >= 15 is 0 Å². The van der Waals surface area contributed by atoms with Gasteiger partial charge >= 0.3 is 6.09 Å². The van der Waals surface area contributed by atoms with E-state index in [1.807, 2.05) is 30.3 Å². The molecular formula is C17H16ClN3O2. The summed E-state index contributed by atoms with van der Waals surface area (Å²) in [6.45, 7) is 0.623. The van der Waals surface area contributed by atoms with Gasteiger partial charge in [0.1, 0.15) is 12.3 Å². The van der Waals surface area contributed by atoms with Crippen molar-refractivity contribution in [2.24, 2.45) is 0 Å². The third kappa shape index (κ3) is 5.89. The van der Waals surface area contributed by atoms with Crippen molar-refractivity contribution in [3.63, 3.8) is 0 Å². The lowest BCUT2D eigenvalue weighted by atomic mass is 10.2. The molecule has 0 saturated heterocycles. The smallest absolute Gasteiger partial charge is 0.407 e. The number of alkyl carbamates (subject to hydrolysis) is 1. The van der Waals surface area contributed by atoms with Crippen LogP contribution >= 0.6 is 11.6 Å². The van der Waals surface area contributed by atoms with Gasteiger partial charge in [0, 0.05) is 19.2 Å². The van der Waals surface area contributed by atoms with Gasteiger partial charge in [0.05, 0.1) is 10.7 Å². The Kier molecular flexibility index (Phi) is 6.28. The van der Waals surface area contributed by atoms with Crippen LogP contribution in [-0.4, -0.2) is 17.6 Å². The summed E-state index contributed by atoms with van der Waals surface area (Å²) >= 11 is 5.76. The van der Waals surface area contributed by atoms with Crippen molar-refractivity contribution in [1.29, 1.82) is 0 Å². The highest BCUT2D eigenvalue weighted by molar-refractivity contribution is 6.30. The van der Waals surface area contributed by atoms with Crippen molar-refractivity contribution in [3.05, 3.63) is 58.9 Å². The van der Waals surface area contributed by atoms with Crippen LogP contribution in [0.4, 0.5) is 10.5 Å². The molecule has 5 nitrogen and oxygen atoms in total. The predicted octanol–water partition coefficient (Wildman–Crippen LogP) is 2.99. The molecule has 0 bridgehead atoms. The van der Waals surface area contributed by atoms with Gasteiger partial charge in [0.25, 0.3) is 0 Å². The number of carbonyl (C=O) groups excluding carboxylic acids is 1. The molecule has 0 fully saturated rings. The standard InChI is InChI=1S/C17H16ClN3O2/c18-14-10-15(19)16(21-11-14)8-4-5-9-20-17(22)23-12-13-6-2-1-3-7-13/h1-3,6-7,10-11H,5,9,12,19H2,(H,20,22). The maximum Gasteiger partial charge on any atom is 0.407 e. The first-order valence-corrected chi connectivity index (χ1v) is 7.37. The molecule has 3 N–H and O–H groups in total. The number of amides is 1. The molecule has 0 aliphatic rings. The Morgan fingerprint density at radius 3 is 2.87 bits per heavy atom. The van der Waals surface area contributed by atoms with Crippen LogP contribution in [-0.2, 0) is 11.3 Å². The molecule has 0 unspecified atom stereocenters. The normalized spacial score (nSPS) is 9.61. The molecule has 2 aromatic rings. The quantitative estimate of drug-likeness (QED) is 0.667. The molecule has 1 amide bonds. The monoisotopic (exact) mass is 329 g/mol. The van der Waals surface area contributed by atoms with E-state index in [1.165, 1.54) is 6.20 Å². The van der Waals surface area contributed by atoms with Crippen LogP contribution in [0.15, 0.2) is 42.6 Å². The number of nitrogens with zero attached hydrogens (tertiary/aromatic N) is 1. The minimum atomic E-state index is -0.472. The Bertz CT molecular complexity index is 724. The van der Waals surface area contributed by atoms with E-state index in [1.54, 1.807) is 6.07 Å². The second kappa shape index (κ2) is 8.66. The molecule has 0 spiro atoms. The molecule has 1 aromatic heterocycles. The van der Waals surface area contributed by atoms with Gasteiger partial charge < -0.3 is 15.8 Å². The average Bonchev–Trinajstić information content (AvgIpc) is 2.55. The van der Waals surface area contributed by atoms with Crippen molar-refractivity contribution in [3.8, 4) is 11.8 Å². The number of nitrogens with one attached hydrogen (secondary N) is 1. The fraction of sp³-hybridized carbons (Fsp3) is 0.176. The average molecular weight is 330 g/mol. The van der Waals surface area contributed by atoms with Gasteiger partial charge in [0.2, 0.25) is 0 Å². The fourth-order valence-electron chi connectivity index (χ4n) is 1.71. The Hall–Kier alpha value is -2.71. The number of benzene rings is 1. The van der Waals surface area contributed by atoms with E-state index in [0.29, 0.717) is 29.4 Å². The lowest BCUT2D eigenvalue weighted by molar-refractivity contribution is 0.140. The topological polar surface area (TPSA) is 77.2 Å². The summed E-state index contributed by atoms with van der Waals surface area (Å²) in [7, 11) is 0. The Morgan fingerprint density at radius 1 is 1.35 bits per heavy atom. The number of ether oxygens (including phenoxy) is 1. The zero-order valence-electron chi connectivity index (χ0n) is 12.4. The summed E-state index contributed by atoms with van der Waals surface area (Å²) in [5.74, 6) is 5.72. The summed E-state index contributed by atoms with van der Waals surface area (Å²) < 4.78 is 5.08. The van der Waals surface area contributed by atoms with Gasteiger partial charge in [-0.15, -0.1) is 0 Å². The van der Waals surface area contributed by atoms with E-state index in [0.717, 1.165) is 5.56 Å². The summed E-state index contributed by atoms with van der Waals surface area (Å²) in [6, 6.07) is 11.1. The number of anilines is 1. The van der Waals surface area contributed by atoms with Gasteiger partial charge in [-0.1, -0.05) is 47.9 Å². The third-order valence-electron chi connectivity index (χ3n) is 2.82. The summed E-state index contributed by atoms with van der Waals surface area (Å²) in [4.78, 5) is 15.5. The maximum atomic E-state index is 11.5. The van der Waals surface area contributed by atoms with E-state index in [2.05, 4.69) is 22.1 Å². The fourth-order valence-corrected chi connectivity index (χ4v) is 1.87. The highest BCUT2D eigenvalue weighted by Gasteiger charge is 2.01. The highest BCUT2D eigenvalue weighted by atomic mass is 35.5. The van der Waals surface area contributed by atoms with Crippen molar-refractivity contribution >= 4 is 23.4 Å². The number of aromatic nitrogens is 1. The number of hydrogen-bond acceptors (Lipinski definition) is 4. The Balaban J connectivity index is 1.69. The van der Waals surface area contributed by atoms with Crippen LogP contribution in [0.1, 0.15) is 17.7 Å². The second-order valence-corrected chi connectivity index (χ2v) is 5.07. The van der Waals surface area contributed by atoms with Crippen LogP contribution in [0.2, 0.25) is 5.02 Å². The van der Waals surface area contributed by atoms with E-state index in [4.69, 9.17) is 22.1 Å². The van der Waals surface area contributed by atoms with Crippen molar-refractivity contribution < 1.29 is 9.53 Å². The van der Waals surface area contributed by atoms with Crippen LogP contribution in [0.3, 0.4) is 0 Å². The van der Waals surface area contributed by atoms with Crippen LogP contribution in [0.25, 0.3) is 0 Å².